The average molecular weight is 208 g/mol. The molecule has 0 fully saturated rings. The molecule has 0 amide bonds. The van der Waals surface area contributed by atoms with Gasteiger partial charge >= 0.3 is 0 Å². The van der Waals surface area contributed by atoms with E-state index in [1.807, 2.05) is 0 Å². The Hall–Kier alpha value is -2.16. The summed E-state index contributed by atoms with van der Waals surface area (Å²) in [5, 5.41) is 11.1. The van der Waals surface area contributed by atoms with Gasteiger partial charge in [-0.05, 0) is 11.1 Å². The summed E-state index contributed by atoms with van der Waals surface area (Å²) < 4.78 is 69.4. The highest BCUT2D eigenvalue weighted by Crippen LogP contribution is 2.23. The molecule has 2 aromatic rings. The zero-order chi connectivity index (χ0) is 18.5. The van der Waals surface area contributed by atoms with E-state index < -0.39 is 76.1 Å². The van der Waals surface area contributed by atoms with Crippen molar-refractivity contribution in [2.24, 2.45) is 0 Å². The van der Waals surface area contributed by atoms with Gasteiger partial charge < -0.3 is 0 Å². The van der Waals surface area contributed by atoms with Crippen molar-refractivity contribution in [2.75, 3.05) is 0 Å². The summed E-state index contributed by atoms with van der Waals surface area (Å²) in [5.41, 5.74) is -2.27. The second-order valence-corrected chi connectivity index (χ2v) is 2.48. The predicted octanol–water partition coefficient (Wildman–Crippen LogP) is 3.26. The molecule has 2 rings (SSSR count). The molecule has 15 heavy (non-hydrogen) atoms. The fraction of sp³-hybridized carbons (Fsp3) is 0. The average Bonchev–Trinajstić information content (AvgIpc) is 2.52. The van der Waals surface area contributed by atoms with Gasteiger partial charge in [-0.3, -0.25) is 10.1 Å². The molecule has 74 valence electrons. The minimum absolute atomic E-state index is 0.576. The first-order valence-electron chi connectivity index (χ1n) is 8.34. The van der Waals surface area contributed by atoms with Crippen molar-refractivity contribution in [1.82, 2.24) is 0 Å². The topological polar surface area (TPSA) is 43.1 Å². The molecule has 0 aliphatic heterocycles. The van der Waals surface area contributed by atoms with Gasteiger partial charge in [-0.2, -0.15) is 0 Å². The Morgan fingerprint density at radius 2 is 1.67 bits per heavy atom. The van der Waals surface area contributed by atoms with E-state index in [2.05, 4.69) is 0 Å². The quantitative estimate of drug-likeness (QED) is 0.561. The van der Waals surface area contributed by atoms with E-state index in [0.717, 1.165) is 0 Å². The zero-order valence-electron chi connectivity index (χ0n) is 16.3. The van der Waals surface area contributed by atoms with Crippen LogP contribution in [0.5, 0.6) is 0 Å². The first kappa shape index (κ1) is 3.45. The summed E-state index contributed by atoms with van der Waals surface area (Å²) in [6, 6.07) is -7.15. The molecular formula is C12H9NO2. The zero-order valence-corrected chi connectivity index (χ0v) is 7.26. The third-order valence-corrected chi connectivity index (χ3v) is 1.54. The summed E-state index contributed by atoms with van der Waals surface area (Å²) in [6.45, 7) is 0. The van der Waals surface area contributed by atoms with Crippen molar-refractivity contribution < 1.29 is 17.3 Å². The smallest absolute Gasteiger partial charge is 0.258 e. The lowest BCUT2D eigenvalue weighted by Crippen LogP contribution is -1.87. The molecule has 0 N–H and O–H groups in total. The van der Waals surface area contributed by atoms with Crippen LogP contribution < -0.4 is 0 Å². The minimum atomic E-state index is -1.07. The van der Waals surface area contributed by atoms with Crippen LogP contribution in [0, 0.1) is 10.1 Å². The van der Waals surface area contributed by atoms with Crippen molar-refractivity contribution >= 4 is 5.69 Å². The van der Waals surface area contributed by atoms with Crippen molar-refractivity contribution in [3.8, 4) is 11.1 Å². The van der Waals surface area contributed by atoms with Crippen LogP contribution in [0.15, 0.2) is 54.4 Å². The number of nitro benzene ring substituents is 1. The molecule has 0 aliphatic carbocycles. The van der Waals surface area contributed by atoms with E-state index in [1.54, 1.807) is 0 Å². The first-order valence-corrected chi connectivity index (χ1v) is 3.84. The third kappa shape index (κ3) is 2.02. The van der Waals surface area contributed by atoms with Gasteiger partial charge in [0.15, 0.2) is 0 Å². The third-order valence-electron chi connectivity index (χ3n) is 1.54. The highest BCUT2D eigenvalue weighted by Gasteiger charge is 2.05. The van der Waals surface area contributed by atoms with Crippen LogP contribution >= 0.6 is 0 Å². The van der Waals surface area contributed by atoms with Gasteiger partial charge in [-0.1, -0.05) is 42.3 Å². The van der Waals surface area contributed by atoms with Gasteiger partial charge in [0.1, 0.15) is 0 Å². The maximum Gasteiger partial charge on any atom is 0.270 e. The predicted molar refractivity (Wildman–Crippen MR) is 58.5 cm³/mol. The van der Waals surface area contributed by atoms with Gasteiger partial charge in [0.05, 0.1) is 17.3 Å². The SMILES string of the molecule is [2H]c1c([2H])c([2H])c(-c2c([2H])c([2H])c([2H])c([N+](=O)[O-])c2[2H])c([2H])c1[2H]. The molecule has 0 saturated carbocycles. The molecule has 0 spiro atoms. The number of rotatable bonds is 2. The maximum atomic E-state index is 11.1. The number of benzene rings is 2. The Balaban J connectivity index is 3.08. The monoisotopic (exact) mass is 208 g/mol. The molecule has 0 heterocycles. The summed E-state index contributed by atoms with van der Waals surface area (Å²) >= 11 is 0. The van der Waals surface area contributed by atoms with Crippen LogP contribution in [0.4, 0.5) is 5.69 Å². The van der Waals surface area contributed by atoms with Crippen molar-refractivity contribution in [3.63, 3.8) is 0 Å². The lowest BCUT2D eigenvalue weighted by molar-refractivity contribution is -0.384. The summed E-state index contributed by atoms with van der Waals surface area (Å²) in [5.74, 6) is 0. The molecule has 0 unspecified atom stereocenters. The lowest BCUT2D eigenvalue weighted by Gasteiger charge is -2.00. The van der Waals surface area contributed by atoms with Gasteiger partial charge in [-0.15, -0.1) is 0 Å². The molecule has 2 aromatic carbocycles. The van der Waals surface area contributed by atoms with E-state index in [9.17, 15) is 10.1 Å². The van der Waals surface area contributed by atoms with Gasteiger partial charge in [0.2, 0.25) is 0 Å². The van der Waals surface area contributed by atoms with E-state index in [4.69, 9.17) is 12.3 Å². The molecule has 0 saturated heterocycles. The largest absolute Gasteiger partial charge is 0.270 e. The number of nitrogens with zero attached hydrogens (tertiary/aromatic N) is 1. The lowest BCUT2D eigenvalue weighted by atomic mass is 10.1. The number of hydrogen-bond acceptors (Lipinski definition) is 2. The summed E-state index contributed by atoms with van der Waals surface area (Å²) in [6.07, 6.45) is 0. The molecule has 0 radical (unpaired) electrons. The van der Waals surface area contributed by atoms with Crippen molar-refractivity contribution in [1.29, 1.82) is 0 Å². The molecular weight excluding hydrogens is 190 g/mol. The Labute approximate surface area is 99.8 Å². The summed E-state index contributed by atoms with van der Waals surface area (Å²) in [7, 11) is 0. The standard InChI is InChI=1S/C12H9NO2/c14-13(15)12-8-4-7-11(9-12)10-5-2-1-3-6-10/h1-9H/i1D,2D,3D,4D,5D,6D,7D,8D,9D. The van der Waals surface area contributed by atoms with E-state index in [-0.39, 0.29) is 0 Å². The molecule has 0 bridgehead atoms. The van der Waals surface area contributed by atoms with E-state index >= 15 is 0 Å². The Morgan fingerprint density at radius 1 is 1.00 bits per heavy atom. The fourth-order valence-corrected chi connectivity index (χ4v) is 0.925. The normalized spacial score (nSPS) is 18.3. The molecule has 0 aliphatic rings. The van der Waals surface area contributed by atoms with Gasteiger partial charge in [0.25, 0.3) is 5.69 Å². The van der Waals surface area contributed by atoms with Crippen molar-refractivity contribution in [3.05, 3.63) is 64.5 Å². The van der Waals surface area contributed by atoms with Crippen LogP contribution in [0.2, 0.25) is 0 Å². The van der Waals surface area contributed by atoms with Crippen molar-refractivity contribution in [2.45, 2.75) is 0 Å². The van der Waals surface area contributed by atoms with Crippen LogP contribution in [0.3, 0.4) is 0 Å². The van der Waals surface area contributed by atoms with E-state index in [0.29, 0.717) is 0 Å². The fourth-order valence-electron chi connectivity index (χ4n) is 0.925. The van der Waals surface area contributed by atoms with Gasteiger partial charge in [-0.25, -0.2) is 0 Å². The molecule has 0 atom stereocenters. The second-order valence-electron chi connectivity index (χ2n) is 2.48. The number of hydrogen-bond donors (Lipinski definition) is 0. The van der Waals surface area contributed by atoms with Crippen LogP contribution in [-0.2, 0) is 0 Å². The molecule has 3 nitrogen and oxygen atoms in total. The maximum absolute atomic E-state index is 11.1. The van der Waals surface area contributed by atoms with Crippen LogP contribution in [0.25, 0.3) is 11.1 Å². The van der Waals surface area contributed by atoms with Crippen LogP contribution in [0.1, 0.15) is 12.3 Å². The highest BCUT2D eigenvalue weighted by atomic mass is 16.6. The first-order chi connectivity index (χ1) is 11.0. The van der Waals surface area contributed by atoms with Crippen LogP contribution in [-0.4, -0.2) is 4.92 Å². The Kier molecular flexibility index (Phi) is 0.902. The summed E-state index contributed by atoms with van der Waals surface area (Å²) in [4.78, 5) is 10.0. The second kappa shape index (κ2) is 3.92. The highest BCUT2D eigenvalue weighted by molar-refractivity contribution is 5.65. The Morgan fingerprint density at radius 3 is 2.33 bits per heavy atom. The Bertz CT molecular complexity index is 868. The van der Waals surface area contributed by atoms with E-state index in [1.165, 1.54) is 0 Å². The molecule has 0 aromatic heterocycles. The van der Waals surface area contributed by atoms with Gasteiger partial charge in [0, 0.05) is 12.1 Å². The number of nitro groups is 1. The molecule has 3 heteroatoms. The minimum Gasteiger partial charge on any atom is -0.258 e.